The van der Waals surface area contributed by atoms with Crippen LogP contribution in [0.4, 0.5) is 4.39 Å². The molecule has 9 heteroatoms. The van der Waals surface area contributed by atoms with Crippen LogP contribution in [0.5, 0.6) is 5.75 Å². The second kappa shape index (κ2) is 12.3. The first-order chi connectivity index (χ1) is 22.4. The number of halogens is 2. The smallest absolute Gasteiger partial charge is 0.223 e. The van der Waals surface area contributed by atoms with E-state index in [1.54, 1.807) is 17.4 Å². The van der Waals surface area contributed by atoms with E-state index in [2.05, 4.69) is 58.9 Å². The molecule has 0 N–H and O–H groups in total. The second-order valence-electron chi connectivity index (χ2n) is 12.9. The van der Waals surface area contributed by atoms with Gasteiger partial charge in [0.2, 0.25) is 12.1 Å². The zero-order valence-electron chi connectivity index (χ0n) is 25.9. The number of amides is 1. The van der Waals surface area contributed by atoms with E-state index >= 15 is 4.39 Å². The molecule has 0 saturated carbocycles. The van der Waals surface area contributed by atoms with Crippen LogP contribution in [0.2, 0.25) is 5.02 Å². The number of nitrogens with zero attached hydrogens (tertiary/aromatic N) is 3. The fourth-order valence-corrected chi connectivity index (χ4v) is 8.70. The topological polar surface area (TPSA) is 56.1 Å². The van der Waals surface area contributed by atoms with Crippen molar-refractivity contribution in [1.29, 1.82) is 0 Å². The van der Waals surface area contributed by atoms with Crippen molar-refractivity contribution in [2.75, 3.05) is 19.8 Å². The van der Waals surface area contributed by atoms with Gasteiger partial charge in [0, 0.05) is 52.7 Å². The number of aliphatic imine (C=N–C) groups is 1. The third kappa shape index (κ3) is 5.48. The van der Waals surface area contributed by atoms with Crippen LogP contribution >= 0.6 is 22.9 Å². The minimum Gasteiger partial charge on any atom is -0.464 e. The van der Waals surface area contributed by atoms with E-state index < -0.39 is 12.0 Å². The highest BCUT2D eigenvalue weighted by Crippen LogP contribution is 2.47. The maximum Gasteiger partial charge on any atom is 0.223 e. The lowest BCUT2D eigenvalue weighted by molar-refractivity contribution is -0.132. The van der Waals surface area contributed by atoms with Gasteiger partial charge in [-0.3, -0.25) is 14.4 Å². The monoisotopic (exact) mass is 657 g/mol. The molecule has 238 valence electrons. The molecule has 0 radical (unpaired) electrons. The van der Waals surface area contributed by atoms with Crippen LogP contribution in [0, 0.1) is 18.7 Å². The molecular weight excluding hydrogens is 621 g/mol. The van der Waals surface area contributed by atoms with Gasteiger partial charge in [0.1, 0.15) is 11.6 Å². The highest BCUT2D eigenvalue weighted by Gasteiger charge is 2.35. The number of benzene rings is 2. The number of carbonyl (C=O) groups excluding carboxylic acids is 1. The van der Waals surface area contributed by atoms with Crippen LogP contribution in [0.3, 0.4) is 0 Å². The van der Waals surface area contributed by atoms with E-state index in [1.165, 1.54) is 10.9 Å². The maximum atomic E-state index is 15.5. The number of hydrogen-bond donors (Lipinski definition) is 0. The highest BCUT2D eigenvalue weighted by atomic mass is 35.5. The molecule has 2 fully saturated rings. The van der Waals surface area contributed by atoms with Crippen LogP contribution < -0.4 is 4.74 Å². The Morgan fingerprint density at radius 1 is 1.09 bits per heavy atom. The van der Waals surface area contributed by atoms with Gasteiger partial charge in [-0.15, -0.1) is 11.3 Å². The zero-order valence-corrected chi connectivity index (χ0v) is 27.5. The fourth-order valence-electron chi connectivity index (χ4n) is 7.60. The third-order valence-corrected chi connectivity index (χ3v) is 11.1. The number of aryl methyl sites for hydroxylation is 1. The molecule has 6 heterocycles. The zero-order chi connectivity index (χ0) is 31.4. The minimum absolute atomic E-state index is 0.0674. The first-order valence-electron chi connectivity index (χ1n) is 16.5. The van der Waals surface area contributed by atoms with Gasteiger partial charge in [0.05, 0.1) is 33.4 Å². The van der Waals surface area contributed by atoms with Crippen LogP contribution in [-0.4, -0.2) is 46.9 Å². The average Bonchev–Trinajstić information content (AvgIpc) is 3.75. The van der Waals surface area contributed by atoms with E-state index in [4.69, 9.17) is 26.1 Å². The number of allylic oxidation sites excluding steroid dienone is 1. The SMILES string of the molecule is Cc1ccc(C2Oc3cc(Cl)cc(F)c3-c3cc4cc(C5=CCCCC(C6CCCN6C(=O)CC6CCOCC6)=N5)ccc4n32)s1. The van der Waals surface area contributed by atoms with E-state index in [0.29, 0.717) is 28.7 Å². The first-order valence-corrected chi connectivity index (χ1v) is 17.6. The number of thiophene rings is 1. The highest BCUT2D eigenvalue weighted by molar-refractivity contribution is 7.12. The van der Waals surface area contributed by atoms with Crippen molar-refractivity contribution >= 4 is 51.2 Å². The van der Waals surface area contributed by atoms with Crippen molar-refractivity contribution in [2.45, 2.75) is 70.6 Å². The van der Waals surface area contributed by atoms with E-state index in [-0.39, 0.29) is 11.9 Å². The molecule has 4 aromatic rings. The van der Waals surface area contributed by atoms with Gasteiger partial charge in [0.25, 0.3) is 0 Å². The van der Waals surface area contributed by atoms with Gasteiger partial charge in [-0.05, 0) is 100 Å². The number of rotatable bonds is 5. The summed E-state index contributed by atoms with van der Waals surface area (Å²) in [6.07, 6.45) is 9.16. The Hall–Kier alpha value is -3.46. The first kappa shape index (κ1) is 29.9. The molecule has 6 nitrogen and oxygen atoms in total. The van der Waals surface area contributed by atoms with Crippen molar-refractivity contribution in [1.82, 2.24) is 9.47 Å². The Balaban J connectivity index is 1.14. The average molecular weight is 658 g/mol. The van der Waals surface area contributed by atoms with Gasteiger partial charge in [-0.2, -0.15) is 0 Å². The lowest BCUT2D eigenvalue weighted by Crippen LogP contribution is -2.41. The summed E-state index contributed by atoms with van der Waals surface area (Å²) in [6.45, 7) is 4.40. The lowest BCUT2D eigenvalue weighted by atomic mass is 9.95. The molecular formula is C37H37ClFN3O3S. The van der Waals surface area contributed by atoms with E-state index in [9.17, 15) is 4.79 Å². The number of aromatic nitrogens is 1. The van der Waals surface area contributed by atoms with Gasteiger partial charge >= 0.3 is 0 Å². The number of carbonyl (C=O) groups is 1. The van der Waals surface area contributed by atoms with Crippen molar-refractivity contribution in [3.63, 3.8) is 0 Å². The van der Waals surface area contributed by atoms with E-state index in [0.717, 1.165) is 103 Å². The maximum absolute atomic E-state index is 15.5. The molecule has 2 aromatic carbocycles. The standard InChI is InChI=1S/C37H37ClFN3O3S/c1-22-8-11-34(46-22)37-42-30-10-9-24(18-25(30)19-32(42)36-27(39)20-26(38)21-33(36)45-37)28-5-2-3-6-29(40-28)31-7-4-14-41(31)35(43)17-23-12-15-44-16-13-23/h5,8-11,18-21,23,31,37H,2-4,6-7,12-17H2,1H3. The summed E-state index contributed by atoms with van der Waals surface area (Å²) in [5, 5.41) is 1.30. The normalized spacial score (nSPS) is 21.8. The Bertz CT molecular complexity index is 1890. The molecule has 0 spiro atoms. The molecule has 2 aromatic heterocycles. The molecule has 0 bridgehead atoms. The number of fused-ring (bicyclic) bond motifs is 5. The summed E-state index contributed by atoms with van der Waals surface area (Å²) < 4.78 is 29.5. The van der Waals surface area contributed by atoms with Gasteiger partial charge in [-0.25, -0.2) is 4.39 Å². The summed E-state index contributed by atoms with van der Waals surface area (Å²) in [5.74, 6) is 0.727. The Morgan fingerprint density at radius 3 is 2.78 bits per heavy atom. The number of hydrogen-bond acceptors (Lipinski definition) is 5. The van der Waals surface area contributed by atoms with Crippen LogP contribution in [0.1, 0.15) is 72.9 Å². The quantitative estimate of drug-likeness (QED) is 0.215. The van der Waals surface area contributed by atoms with Crippen LogP contribution in [0.25, 0.3) is 27.9 Å². The molecule has 4 aliphatic heterocycles. The molecule has 4 aliphatic rings. The summed E-state index contributed by atoms with van der Waals surface area (Å²) in [7, 11) is 0. The van der Waals surface area contributed by atoms with Gasteiger partial charge in [-0.1, -0.05) is 23.7 Å². The van der Waals surface area contributed by atoms with Crippen molar-refractivity contribution in [2.24, 2.45) is 10.9 Å². The van der Waals surface area contributed by atoms with Crippen LogP contribution in [-0.2, 0) is 9.53 Å². The predicted molar refractivity (Wildman–Crippen MR) is 182 cm³/mol. The Morgan fingerprint density at radius 2 is 1.96 bits per heavy atom. The second-order valence-corrected chi connectivity index (χ2v) is 14.7. The molecule has 8 rings (SSSR count). The van der Waals surface area contributed by atoms with Gasteiger partial charge < -0.3 is 14.4 Å². The Labute approximate surface area is 277 Å². The summed E-state index contributed by atoms with van der Waals surface area (Å²) >= 11 is 7.94. The molecule has 2 unspecified atom stereocenters. The fraction of sp³-hybridized carbons (Fsp3) is 0.405. The number of likely N-dealkylation sites (tertiary alicyclic amines) is 1. The third-order valence-electron chi connectivity index (χ3n) is 9.89. The van der Waals surface area contributed by atoms with E-state index in [1.807, 2.05) is 0 Å². The summed E-state index contributed by atoms with van der Waals surface area (Å²) in [6, 6.07) is 15.7. The minimum atomic E-state index is -0.434. The van der Waals surface area contributed by atoms with Crippen molar-refractivity contribution < 1.29 is 18.7 Å². The molecule has 2 atom stereocenters. The van der Waals surface area contributed by atoms with Gasteiger partial charge in [0.15, 0.2) is 0 Å². The molecule has 1 amide bonds. The number of ether oxygens (including phenoxy) is 2. The molecule has 2 saturated heterocycles. The largest absolute Gasteiger partial charge is 0.464 e. The molecule has 46 heavy (non-hydrogen) atoms. The lowest BCUT2D eigenvalue weighted by Gasteiger charge is -2.29. The van der Waals surface area contributed by atoms with Crippen molar-refractivity contribution in [3.05, 3.63) is 80.8 Å². The summed E-state index contributed by atoms with van der Waals surface area (Å²) in [5.41, 5.74) is 5.24. The Kier molecular flexibility index (Phi) is 7.99. The predicted octanol–water partition coefficient (Wildman–Crippen LogP) is 9.18. The van der Waals surface area contributed by atoms with Crippen LogP contribution in [0.15, 0.2) is 59.6 Å². The molecule has 0 aliphatic carbocycles. The summed E-state index contributed by atoms with van der Waals surface area (Å²) in [4.78, 5) is 23.1. The van der Waals surface area contributed by atoms with Crippen molar-refractivity contribution in [3.8, 4) is 17.0 Å².